The van der Waals surface area contributed by atoms with Crippen LogP contribution in [0.1, 0.15) is 29.9 Å². The predicted octanol–water partition coefficient (Wildman–Crippen LogP) is 4.50. The van der Waals surface area contributed by atoms with Gasteiger partial charge in [0.1, 0.15) is 11.6 Å². The summed E-state index contributed by atoms with van der Waals surface area (Å²) in [5.74, 6) is 1.33. The fraction of sp³-hybridized carbons (Fsp3) is 0.333. The highest BCUT2D eigenvalue weighted by Crippen LogP contribution is 2.39. The van der Waals surface area contributed by atoms with Gasteiger partial charge < -0.3 is 10.1 Å². The maximum atomic E-state index is 13.1. The molecule has 0 aromatic heterocycles. The lowest BCUT2D eigenvalue weighted by molar-refractivity contribution is 0.373. The van der Waals surface area contributed by atoms with Crippen molar-refractivity contribution in [2.45, 2.75) is 31.7 Å². The van der Waals surface area contributed by atoms with Crippen LogP contribution in [0.3, 0.4) is 0 Å². The third kappa shape index (κ3) is 3.02. The van der Waals surface area contributed by atoms with E-state index >= 15 is 0 Å². The van der Waals surface area contributed by atoms with E-state index in [1.54, 1.807) is 13.2 Å². The van der Waals surface area contributed by atoms with Crippen molar-refractivity contribution in [1.82, 2.24) is 0 Å². The number of benzene rings is 2. The molecule has 0 unspecified atom stereocenters. The van der Waals surface area contributed by atoms with Crippen molar-refractivity contribution in [2.24, 2.45) is 0 Å². The fourth-order valence-electron chi connectivity index (χ4n) is 2.89. The molecule has 1 N–H and O–H groups in total. The van der Waals surface area contributed by atoms with Crippen LogP contribution in [0, 0.1) is 12.7 Å². The number of anilines is 1. The quantitative estimate of drug-likeness (QED) is 0.893. The number of nitrogens with one attached hydrogen (secondary N) is 1. The fourth-order valence-corrected chi connectivity index (χ4v) is 2.89. The Balaban J connectivity index is 1.57. The van der Waals surface area contributed by atoms with Crippen molar-refractivity contribution in [3.8, 4) is 5.75 Å². The topological polar surface area (TPSA) is 21.3 Å². The van der Waals surface area contributed by atoms with Gasteiger partial charge in [0.05, 0.1) is 7.11 Å². The normalized spacial score (nSPS) is 20.7. The van der Waals surface area contributed by atoms with E-state index in [9.17, 15) is 4.39 Å². The van der Waals surface area contributed by atoms with E-state index in [2.05, 4.69) is 17.4 Å². The van der Waals surface area contributed by atoms with Crippen LogP contribution in [0.4, 0.5) is 10.1 Å². The van der Waals surface area contributed by atoms with Gasteiger partial charge in [0.2, 0.25) is 0 Å². The molecule has 0 aliphatic heterocycles. The Kier molecular flexibility index (Phi) is 3.82. The van der Waals surface area contributed by atoms with Crippen LogP contribution < -0.4 is 10.1 Å². The predicted molar refractivity (Wildman–Crippen MR) is 83.5 cm³/mol. The van der Waals surface area contributed by atoms with Crippen LogP contribution in [-0.2, 0) is 0 Å². The molecular formula is C18H20FNO. The molecule has 2 nitrogen and oxygen atoms in total. The maximum absolute atomic E-state index is 13.1. The second kappa shape index (κ2) is 5.76. The first-order valence-corrected chi connectivity index (χ1v) is 7.32. The summed E-state index contributed by atoms with van der Waals surface area (Å²) in [5.41, 5.74) is 3.36. The molecule has 2 aromatic carbocycles. The number of methoxy groups -OCH3 is 1. The Labute approximate surface area is 125 Å². The molecule has 110 valence electrons. The number of halogens is 1. The van der Waals surface area contributed by atoms with Crippen molar-refractivity contribution < 1.29 is 9.13 Å². The number of rotatable bonds is 4. The second-order valence-corrected chi connectivity index (χ2v) is 5.74. The van der Waals surface area contributed by atoms with Gasteiger partial charge in [-0.2, -0.15) is 0 Å². The van der Waals surface area contributed by atoms with Gasteiger partial charge >= 0.3 is 0 Å². The van der Waals surface area contributed by atoms with E-state index in [1.807, 2.05) is 25.1 Å². The summed E-state index contributed by atoms with van der Waals surface area (Å²) >= 11 is 0. The number of hydrogen-bond acceptors (Lipinski definition) is 2. The molecule has 0 amide bonds. The molecule has 0 bridgehead atoms. The van der Waals surface area contributed by atoms with E-state index in [0.717, 1.165) is 29.8 Å². The zero-order chi connectivity index (χ0) is 14.8. The zero-order valence-electron chi connectivity index (χ0n) is 12.4. The third-order valence-corrected chi connectivity index (χ3v) is 4.27. The van der Waals surface area contributed by atoms with Gasteiger partial charge in [0.25, 0.3) is 0 Å². The zero-order valence-corrected chi connectivity index (χ0v) is 12.4. The van der Waals surface area contributed by atoms with Crippen LogP contribution in [0.5, 0.6) is 5.75 Å². The largest absolute Gasteiger partial charge is 0.497 e. The lowest BCUT2D eigenvalue weighted by Crippen LogP contribution is -2.34. The number of hydrogen-bond donors (Lipinski definition) is 1. The number of ether oxygens (including phenoxy) is 1. The summed E-state index contributed by atoms with van der Waals surface area (Å²) in [6.07, 6.45) is 2.23. The van der Waals surface area contributed by atoms with Crippen LogP contribution in [-0.4, -0.2) is 13.2 Å². The van der Waals surface area contributed by atoms with E-state index in [-0.39, 0.29) is 5.82 Å². The average Bonchev–Trinajstić information content (AvgIpc) is 2.44. The molecule has 21 heavy (non-hydrogen) atoms. The second-order valence-electron chi connectivity index (χ2n) is 5.74. The Morgan fingerprint density at radius 1 is 1.10 bits per heavy atom. The van der Waals surface area contributed by atoms with Crippen LogP contribution in [0.15, 0.2) is 42.5 Å². The molecular weight excluding hydrogens is 265 g/mol. The summed E-state index contributed by atoms with van der Waals surface area (Å²) in [4.78, 5) is 0. The first kappa shape index (κ1) is 13.9. The lowest BCUT2D eigenvalue weighted by atomic mass is 9.75. The summed E-state index contributed by atoms with van der Waals surface area (Å²) in [6.45, 7) is 1.94. The monoisotopic (exact) mass is 285 g/mol. The SMILES string of the molecule is COc1ccc(C2CC(Nc3ccc(F)cc3C)C2)cc1. The standard InChI is InChI=1S/C18H20FNO/c1-12-9-15(19)5-8-18(12)20-16-10-14(11-16)13-3-6-17(21-2)7-4-13/h3-9,14,16,20H,10-11H2,1-2H3. The molecule has 3 heteroatoms. The average molecular weight is 285 g/mol. The molecule has 0 heterocycles. The van der Waals surface area contributed by atoms with Gasteiger partial charge in [0, 0.05) is 11.7 Å². The van der Waals surface area contributed by atoms with Gasteiger partial charge in [-0.25, -0.2) is 4.39 Å². The van der Waals surface area contributed by atoms with E-state index in [4.69, 9.17) is 4.74 Å². The first-order chi connectivity index (χ1) is 10.2. The Bertz CT molecular complexity index is 618. The van der Waals surface area contributed by atoms with Gasteiger partial charge in [0.15, 0.2) is 0 Å². The van der Waals surface area contributed by atoms with Gasteiger partial charge in [-0.1, -0.05) is 12.1 Å². The minimum Gasteiger partial charge on any atom is -0.497 e. The summed E-state index contributed by atoms with van der Waals surface area (Å²) < 4.78 is 18.3. The summed E-state index contributed by atoms with van der Waals surface area (Å²) in [6, 6.07) is 13.7. The molecule has 3 rings (SSSR count). The van der Waals surface area contributed by atoms with Gasteiger partial charge in [-0.15, -0.1) is 0 Å². The minimum atomic E-state index is -0.178. The molecule has 2 aromatic rings. The lowest BCUT2D eigenvalue weighted by Gasteiger charge is -2.37. The van der Waals surface area contributed by atoms with E-state index < -0.39 is 0 Å². The molecule has 0 atom stereocenters. The molecule has 1 fully saturated rings. The number of aryl methyl sites for hydroxylation is 1. The molecule has 1 aliphatic rings. The molecule has 0 saturated heterocycles. The first-order valence-electron chi connectivity index (χ1n) is 7.32. The summed E-state index contributed by atoms with van der Waals surface area (Å²) in [5, 5.41) is 3.50. The van der Waals surface area contributed by atoms with Gasteiger partial charge in [-0.3, -0.25) is 0 Å². The highest BCUT2D eigenvalue weighted by Gasteiger charge is 2.30. The van der Waals surface area contributed by atoms with E-state index in [0.29, 0.717) is 12.0 Å². The Morgan fingerprint density at radius 2 is 1.81 bits per heavy atom. The highest BCUT2D eigenvalue weighted by atomic mass is 19.1. The van der Waals surface area contributed by atoms with Crippen LogP contribution in [0.2, 0.25) is 0 Å². The molecule has 1 saturated carbocycles. The Hall–Kier alpha value is -2.03. The highest BCUT2D eigenvalue weighted by molar-refractivity contribution is 5.52. The van der Waals surface area contributed by atoms with Crippen LogP contribution in [0.25, 0.3) is 0 Å². The van der Waals surface area contributed by atoms with Crippen LogP contribution >= 0.6 is 0 Å². The van der Waals surface area contributed by atoms with E-state index in [1.165, 1.54) is 11.6 Å². The molecule has 0 spiro atoms. The minimum absolute atomic E-state index is 0.178. The third-order valence-electron chi connectivity index (χ3n) is 4.27. The molecule has 1 aliphatic carbocycles. The van der Waals surface area contributed by atoms with Crippen molar-refractivity contribution >= 4 is 5.69 Å². The Morgan fingerprint density at radius 3 is 2.43 bits per heavy atom. The van der Waals surface area contributed by atoms with Crippen molar-refractivity contribution in [1.29, 1.82) is 0 Å². The molecule has 0 radical (unpaired) electrons. The van der Waals surface area contributed by atoms with Crippen molar-refractivity contribution in [2.75, 3.05) is 12.4 Å². The maximum Gasteiger partial charge on any atom is 0.123 e. The van der Waals surface area contributed by atoms with Crippen molar-refractivity contribution in [3.63, 3.8) is 0 Å². The van der Waals surface area contributed by atoms with Gasteiger partial charge in [-0.05, 0) is 67.1 Å². The summed E-state index contributed by atoms with van der Waals surface area (Å²) in [7, 11) is 1.68. The smallest absolute Gasteiger partial charge is 0.123 e. The van der Waals surface area contributed by atoms with Crippen molar-refractivity contribution in [3.05, 3.63) is 59.4 Å².